The SMILES string of the molecule is O=C(C=Cc1cccc([N+](=O)[O-])c1)Nc1ccc(S(=O)(=O)N2CCCC2)cc1. The average Bonchev–Trinajstić information content (AvgIpc) is 3.23. The zero-order valence-electron chi connectivity index (χ0n) is 14.9. The number of anilines is 1. The molecule has 146 valence electrons. The molecule has 0 atom stereocenters. The van der Waals surface area contributed by atoms with E-state index in [9.17, 15) is 23.3 Å². The van der Waals surface area contributed by atoms with E-state index in [1.54, 1.807) is 6.07 Å². The van der Waals surface area contributed by atoms with Gasteiger partial charge in [0.25, 0.3) is 5.69 Å². The molecule has 3 rings (SSSR count). The number of hydrogen-bond acceptors (Lipinski definition) is 5. The van der Waals surface area contributed by atoms with E-state index in [0.29, 0.717) is 24.3 Å². The Labute approximate surface area is 162 Å². The van der Waals surface area contributed by atoms with E-state index in [2.05, 4.69) is 5.32 Å². The molecule has 9 heteroatoms. The molecule has 28 heavy (non-hydrogen) atoms. The van der Waals surface area contributed by atoms with Gasteiger partial charge in [-0.25, -0.2) is 8.42 Å². The monoisotopic (exact) mass is 401 g/mol. The summed E-state index contributed by atoms with van der Waals surface area (Å²) >= 11 is 0. The summed E-state index contributed by atoms with van der Waals surface area (Å²) in [6, 6.07) is 11.9. The van der Waals surface area contributed by atoms with Crippen molar-refractivity contribution in [3.8, 4) is 0 Å². The Morgan fingerprint density at radius 2 is 1.79 bits per heavy atom. The first kappa shape index (κ1) is 19.7. The normalized spacial score (nSPS) is 15.0. The second kappa shape index (κ2) is 8.32. The van der Waals surface area contributed by atoms with E-state index in [4.69, 9.17) is 0 Å². The van der Waals surface area contributed by atoms with E-state index in [1.165, 1.54) is 58.9 Å². The van der Waals surface area contributed by atoms with Crippen LogP contribution >= 0.6 is 0 Å². The van der Waals surface area contributed by atoms with Crippen molar-refractivity contribution in [3.63, 3.8) is 0 Å². The highest BCUT2D eigenvalue weighted by Crippen LogP contribution is 2.22. The van der Waals surface area contributed by atoms with Gasteiger partial charge in [-0.1, -0.05) is 12.1 Å². The predicted molar refractivity (Wildman–Crippen MR) is 105 cm³/mol. The lowest BCUT2D eigenvalue weighted by molar-refractivity contribution is -0.384. The minimum Gasteiger partial charge on any atom is -0.323 e. The standard InChI is InChI=1S/C19H19N3O5S/c23-19(11-6-15-4-3-5-17(14-15)22(24)25)20-16-7-9-18(10-8-16)28(26,27)21-12-1-2-13-21/h3-11,14H,1-2,12-13H2,(H,20,23). The van der Waals surface area contributed by atoms with Crippen LogP contribution in [0.3, 0.4) is 0 Å². The van der Waals surface area contributed by atoms with Gasteiger partial charge in [-0.15, -0.1) is 0 Å². The van der Waals surface area contributed by atoms with Crippen molar-refractivity contribution in [1.29, 1.82) is 0 Å². The molecule has 2 aromatic rings. The first-order valence-electron chi connectivity index (χ1n) is 8.70. The quantitative estimate of drug-likeness (QED) is 0.454. The van der Waals surface area contributed by atoms with Crippen molar-refractivity contribution in [3.05, 3.63) is 70.3 Å². The lowest BCUT2D eigenvalue weighted by atomic mass is 10.2. The van der Waals surface area contributed by atoms with Gasteiger partial charge in [0, 0.05) is 37.0 Å². The second-order valence-corrected chi connectivity index (χ2v) is 8.25. The van der Waals surface area contributed by atoms with Crippen LogP contribution in [0.15, 0.2) is 59.5 Å². The van der Waals surface area contributed by atoms with Gasteiger partial charge in [-0.3, -0.25) is 14.9 Å². The van der Waals surface area contributed by atoms with Crippen LogP contribution in [0, 0.1) is 10.1 Å². The topological polar surface area (TPSA) is 110 Å². The molecule has 1 N–H and O–H groups in total. The lowest BCUT2D eigenvalue weighted by Gasteiger charge is -2.15. The molecule has 0 bridgehead atoms. The molecule has 8 nitrogen and oxygen atoms in total. The fourth-order valence-corrected chi connectivity index (χ4v) is 4.40. The number of nitro benzene ring substituents is 1. The third-order valence-corrected chi connectivity index (χ3v) is 6.25. The van der Waals surface area contributed by atoms with Crippen molar-refractivity contribution >= 4 is 33.4 Å². The van der Waals surface area contributed by atoms with E-state index < -0.39 is 20.9 Å². The molecule has 1 aliphatic rings. The molecule has 0 aliphatic carbocycles. The molecule has 0 spiro atoms. The van der Waals surface area contributed by atoms with E-state index in [1.807, 2.05) is 0 Å². The summed E-state index contributed by atoms with van der Waals surface area (Å²) in [5, 5.41) is 13.4. The van der Waals surface area contributed by atoms with Gasteiger partial charge in [0.2, 0.25) is 15.9 Å². The van der Waals surface area contributed by atoms with E-state index in [-0.39, 0.29) is 10.6 Å². The van der Waals surface area contributed by atoms with Crippen molar-refractivity contribution in [1.82, 2.24) is 4.31 Å². The van der Waals surface area contributed by atoms with Gasteiger partial charge in [0.05, 0.1) is 9.82 Å². The highest BCUT2D eigenvalue weighted by Gasteiger charge is 2.26. The summed E-state index contributed by atoms with van der Waals surface area (Å²) in [5.74, 6) is -0.429. The Balaban J connectivity index is 1.64. The van der Waals surface area contributed by atoms with Crippen molar-refractivity contribution < 1.29 is 18.1 Å². The molecule has 0 aromatic heterocycles. The van der Waals surface area contributed by atoms with Gasteiger partial charge in [0.1, 0.15) is 0 Å². The summed E-state index contributed by atoms with van der Waals surface area (Å²) in [5.41, 5.74) is 0.919. The number of rotatable bonds is 6. The van der Waals surface area contributed by atoms with Crippen LogP contribution in [0.25, 0.3) is 6.08 Å². The first-order valence-corrected chi connectivity index (χ1v) is 10.1. The molecule has 0 unspecified atom stereocenters. The maximum absolute atomic E-state index is 12.5. The van der Waals surface area contributed by atoms with Gasteiger partial charge >= 0.3 is 0 Å². The molecule has 1 heterocycles. The van der Waals surface area contributed by atoms with Crippen molar-refractivity contribution in [2.24, 2.45) is 0 Å². The Morgan fingerprint density at radius 3 is 2.43 bits per heavy atom. The highest BCUT2D eigenvalue weighted by molar-refractivity contribution is 7.89. The minimum atomic E-state index is -3.49. The van der Waals surface area contributed by atoms with Crippen LogP contribution in [-0.2, 0) is 14.8 Å². The van der Waals surface area contributed by atoms with Gasteiger partial charge < -0.3 is 5.32 Å². The number of nitrogens with one attached hydrogen (secondary N) is 1. The Morgan fingerprint density at radius 1 is 1.11 bits per heavy atom. The third-order valence-electron chi connectivity index (χ3n) is 4.33. The van der Waals surface area contributed by atoms with E-state index in [0.717, 1.165) is 12.8 Å². The fourth-order valence-electron chi connectivity index (χ4n) is 2.89. The van der Waals surface area contributed by atoms with Crippen LogP contribution in [0.1, 0.15) is 18.4 Å². The fraction of sp³-hybridized carbons (Fsp3) is 0.211. The Kier molecular flexibility index (Phi) is 5.86. The summed E-state index contributed by atoms with van der Waals surface area (Å²) in [6.07, 6.45) is 4.46. The number of carbonyl (C=O) groups excluding carboxylic acids is 1. The summed E-state index contributed by atoms with van der Waals surface area (Å²) < 4.78 is 26.4. The first-order chi connectivity index (χ1) is 13.4. The summed E-state index contributed by atoms with van der Waals surface area (Å²) in [6.45, 7) is 1.06. The van der Waals surface area contributed by atoms with Crippen LogP contribution in [0.2, 0.25) is 0 Å². The summed E-state index contributed by atoms with van der Waals surface area (Å²) in [4.78, 5) is 22.5. The zero-order valence-corrected chi connectivity index (χ0v) is 15.8. The zero-order chi connectivity index (χ0) is 20.1. The van der Waals surface area contributed by atoms with Crippen molar-refractivity contribution in [2.45, 2.75) is 17.7 Å². The average molecular weight is 401 g/mol. The van der Waals surface area contributed by atoms with Crippen LogP contribution in [-0.4, -0.2) is 36.6 Å². The van der Waals surface area contributed by atoms with Gasteiger partial charge in [0.15, 0.2) is 0 Å². The number of non-ortho nitro benzene ring substituents is 1. The predicted octanol–water partition coefficient (Wildman–Crippen LogP) is 3.03. The van der Waals surface area contributed by atoms with Crippen molar-refractivity contribution in [2.75, 3.05) is 18.4 Å². The lowest BCUT2D eigenvalue weighted by Crippen LogP contribution is -2.27. The number of amides is 1. The number of nitro groups is 1. The summed E-state index contributed by atoms with van der Waals surface area (Å²) in [7, 11) is -3.49. The third kappa shape index (κ3) is 4.62. The molecule has 0 saturated carbocycles. The number of sulfonamides is 1. The minimum absolute atomic E-state index is 0.0580. The molecule has 2 aromatic carbocycles. The number of carbonyl (C=O) groups is 1. The second-order valence-electron chi connectivity index (χ2n) is 6.31. The smallest absolute Gasteiger partial charge is 0.270 e. The van der Waals surface area contributed by atoms with Crippen LogP contribution in [0.5, 0.6) is 0 Å². The Bertz CT molecular complexity index is 1010. The van der Waals surface area contributed by atoms with Crippen LogP contribution in [0.4, 0.5) is 11.4 Å². The molecular formula is C19H19N3O5S. The molecular weight excluding hydrogens is 382 g/mol. The highest BCUT2D eigenvalue weighted by atomic mass is 32.2. The molecule has 0 radical (unpaired) electrons. The van der Waals surface area contributed by atoms with Gasteiger partial charge in [-0.2, -0.15) is 4.31 Å². The molecule has 1 aliphatic heterocycles. The number of benzene rings is 2. The molecule has 1 saturated heterocycles. The van der Waals surface area contributed by atoms with Crippen LogP contribution < -0.4 is 5.32 Å². The molecule has 1 fully saturated rings. The largest absolute Gasteiger partial charge is 0.323 e. The van der Waals surface area contributed by atoms with Gasteiger partial charge in [-0.05, 0) is 48.7 Å². The number of nitrogens with zero attached hydrogens (tertiary/aromatic N) is 2. The number of hydrogen-bond donors (Lipinski definition) is 1. The molecule has 1 amide bonds. The maximum Gasteiger partial charge on any atom is 0.270 e. The maximum atomic E-state index is 12.5. The Hall–Kier alpha value is -3.04. The van der Waals surface area contributed by atoms with E-state index >= 15 is 0 Å².